The van der Waals surface area contributed by atoms with E-state index in [1.54, 1.807) is 25.3 Å². The SMILES string of the molecule is COc1ccc([C@H](O)[C@@H](/C=C\OC(C)=O)c2ccccc2)cc1. The minimum atomic E-state index is -0.768. The Labute approximate surface area is 136 Å². The van der Waals surface area contributed by atoms with Crippen molar-refractivity contribution in [2.24, 2.45) is 0 Å². The average molecular weight is 312 g/mol. The zero-order chi connectivity index (χ0) is 16.7. The first-order valence-corrected chi connectivity index (χ1v) is 7.32. The molecule has 2 aromatic rings. The van der Waals surface area contributed by atoms with E-state index in [-0.39, 0.29) is 5.92 Å². The molecule has 0 saturated carbocycles. The van der Waals surface area contributed by atoms with Gasteiger partial charge in [-0.3, -0.25) is 4.79 Å². The number of aliphatic hydroxyl groups excluding tert-OH is 1. The van der Waals surface area contributed by atoms with Gasteiger partial charge in [-0.05, 0) is 29.3 Å². The Kier molecular flexibility index (Phi) is 5.94. The van der Waals surface area contributed by atoms with Crippen LogP contribution in [0.5, 0.6) is 5.75 Å². The van der Waals surface area contributed by atoms with Crippen molar-refractivity contribution in [2.75, 3.05) is 7.11 Å². The van der Waals surface area contributed by atoms with Crippen molar-refractivity contribution in [3.8, 4) is 5.75 Å². The lowest BCUT2D eigenvalue weighted by molar-refractivity contribution is -0.135. The quantitative estimate of drug-likeness (QED) is 0.654. The molecule has 0 radical (unpaired) electrons. The summed E-state index contributed by atoms with van der Waals surface area (Å²) in [5.41, 5.74) is 1.69. The monoisotopic (exact) mass is 312 g/mol. The average Bonchev–Trinajstić information content (AvgIpc) is 2.59. The first-order chi connectivity index (χ1) is 11.1. The van der Waals surface area contributed by atoms with E-state index in [9.17, 15) is 9.90 Å². The number of hydrogen-bond acceptors (Lipinski definition) is 4. The zero-order valence-corrected chi connectivity index (χ0v) is 13.2. The van der Waals surface area contributed by atoms with Crippen molar-refractivity contribution in [3.63, 3.8) is 0 Å². The van der Waals surface area contributed by atoms with Crippen molar-refractivity contribution >= 4 is 5.97 Å². The van der Waals surface area contributed by atoms with E-state index in [1.165, 1.54) is 13.2 Å². The molecule has 4 nitrogen and oxygen atoms in total. The van der Waals surface area contributed by atoms with Gasteiger partial charge in [-0.15, -0.1) is 0 Å². The van der Waals surface area contributed by atoms with E-state index in [4.69, 9.17) is 9.47 Å². The van der Waals surface area contributed by atoms with Crippen LogP contribution < -0.4 is 4.74 Å². The van der Waals surface area contributed by atoms with Crippen molar-refractivity contribution in [1.82, 2.24) is 0 Å². The molecule has 23 heavy (non-hydrogen) atoms. The minimum absolute atomic E-state index is 0.330. The highest BCUT2D eigenvalue weighted by molar-refractivity contribution is 5.66. The van der Waals surface area contributed by atoms with Gasteiger partial charge in [0.1, 0.15) is 5.75 Å². The van der Waals surface area contributed by atoms with Crippen molar-refractivity contribution < 1.29 is 19.4 Å². The highest BCUT2D eigenvalue weighted by Crippen LogP contribution is 2.32. The number of ether oxygens (including phenoxy) is 2. The second kappa shape index (κ2) is 8.15. The van der Waals surface area contributed by atoms with Gasteiger partial charge >= 0.3 is 5.97 Å². The fraction of sp³-hybridized carbons (Fsp3) is 0.211. The van der Waals surface area contributed by atoms with Gasteiger partial charge in [0.05, 0.1) is 19.5 Å². The summed E-state index contributed by atoms with van der Waals surface area (Å²) in [4.78, 5) is 10.9. The van der Waals surface area contributed by atoms with Crippen LogP contribution in [0, 0.1) is 0 Å². The summed E-state index contributed by atoms with van der Waals surface area (Å²) in [5, 5.41) is 10.7. The molecule has 1 N–H and O–H groups in total. The first kappa shape index (κ1) is 16.8. The van der Waals surface area contributed by atoms with Crippen molar-refractivity contribution in [1.29, 1.82) is 0 Å². The Balaban J connectivity index is 2.27. The molecule has 120 valence electrons. The van der Waals surface area contributed by atoms with Crippen LogP contribution in [0.1, 0.15) is 30.1 Å². The summed E-state index contributed by atoms with van der Waals surface area (Å²) in [6.45, 7) is 1.34. The molecule has 0 aliphatic rings. The van der Waals surface area contributed by atoms with E-state index in [0.717, 1.165) is 16.9 Å². The second-order valence-corrected chi connectivity index (χ2v) is 5.09. The fourth-order valence-corrected chi connectivity index (χ4v) is 2.30. The molecule has 2 atom stereocenters. The van der Waals surface area contributed by atoms with Gasteiger partial charge in [-0.1, -0.05) is 42.5 Å². The number of esters is 1. The lowest BCUT2D eigenvalue weighted by Crippen LogP contribution is -2.09. The Morgan fingerprint density at radius 3 is 2.26 bits per heavy atom. The van der Waals surface area contributed by atoms with E-state index < -0.39 is 12.1 Å². The largest absolute Gasteiger partial charge is 0.497 e. The standard InChI is InChI=1S/C19H20O4/c1-14(20)23-13-12-18(15-6-4-3-5-7-15)19(21)16-8-10-17(22-2)11-9-16/h3-13,18-19,21H,1-2H3/b13-12-/t18-,19-/m0/s1. The molecule has 0 saturated heterocycles. The number of hydrogen-bond donors (Lipinski definition) is 1. The van der Waals surface area contributed by atoms with E-state index >= 15 is 0 Å². The molecule has 0 aliphatic carbocycles. The number of rotatable bonds is 6. The van der Waals surface area contributed by atoms with Crippen LogP contribution in [-0.4, -0.2) is 18.2 Å². The molecular weight excluding hydrogens is 292 g/mol. The molecule has 0 amide bonds. The maximum atomic E-state index is 10.9. The van der Waals surface area contributed by atoms with Crippen LogP contribution in [0.25, 0.3) is 0 Å². The van der Waals surface area contributed by atoms with Crippen LogP contribution in [0.15, 0.2) is 66.9 Å². The third-order valence-corrected chi connectivity index (χ3v) is 3.50. The fourth-order valence-electron chi connectivity index (χ4n) is 2.30. The van der Waals surface area contributed by atoms with Gasteiger partial charge in [0.15, 0.2) is 0 Å². The number of carbonyl (C=O) groups is 1. The van der Waals surface area contributed by atoms with Crippen LogP contribution in [0.4, 0.5) is 0 Å². The topological polar surface area (TPSA) is 55.8 Å². The normalized spacial score (nSPS) is 13.5. The number of methoxy groups -OCH3 is 1. The summed E-state index contributed by atoms with van der Waals surface area (Å²) in [6, 6.07) is 16.8. The van der Waals surface area contributed by atoms with E-state index in [2.05, 4.69) is 0 Å². The predicted molar refractivity (Wildman–Crippen MR) is 88.0 cm³/mol. The van der Waals surface area contributed by atoms with Gasteiger partial charge < -0.3 is 14.6 Å². The predicted octanol–water partition coefficient (Wildman–Crippen LogP) is 3.59. The van der Waals surface area contributed by atoms with Crippen LogP contribution >= 0.6 is 0 Å². The molecule has 0 fully saturated rings. The van der Waals surface area contributed by atoms with E-state index in [0.29, 0.717) is 0 Å². The third-order valence-electron chi connectivity index (χ3n) is 3.50. The smallest absolute Gasteiger partial charge is 0.307 e. The lowest BCUT2D eigenvalue weighted by atomic mass is 9.89. The molecule has 0 unspecified atom stereocenters. The zero-order valence-electron chi connectivity index (χ0n) is 13.2. The number of carbonyl (C=O) groups excluding carboxylic acids is 1. The molecule has 0 heterocycles. The Morgan fingerprint density at radius 1 is 1.04 bits per heavy atom. The van der Waals surface area contributed by atoms with Gasteiger partial charge in [0.25, 0.3) is 0 Å². The summed E-state index contributed by atoms with van der Waals surface area (Å²) < 4.78 is 10.00. The highest BCUT2D eigenvalue weighted by atomic mass is 16.5. The molecule has 0 aliphatic heterocycles. The second-order valence-electron chi connectivity index (χ2n) is 5.09. The van der Waals surface area contributed by atoms with Gasteiger partial charge in [-0.25, -0.2) is 0 Å². The molecule has 0 aromatic heterocycles. The van der Waals surface area contributed by atoms with Gasteiger partial charge in [0, 0.05) is 12.8 Å². The molecule has 2 rings (SSSR count). The molecular formula is C19H20O4. The Morgan fingerprint density at radius 2 is 1.70 bits per heavy atom. The maximum Gasteiger partial charge on any atom is 0.307 e. The maximum absolute atomic E-state index is 10.9. The molecule has 2 aromatic carbocycles. The summed E-state index contributed by atoms with van der Waals surface area (Å²) in [5.74, 6) is 0.00334. The van der Waals surface area contributed by atoms with Crippen LogP contribution in [-0.2, 0) is 9.53 Å². The van der Waals surface area contributed by atoms with Crippen LogP contribution in [0.2, 0.25) is 0 Å². The first-order valence-electron chi connectivity index (χ1n) is 7.32. The highest BCUT2D eigenvalue weighted by Gasteiger charge is 2.20. The van der Waals surface area contributed by atoms with Crippen molar-refractivity contribution in [2.45, 2.75) is 18.9 Å². The van der Waals surface area contributed by atoms with E-state index in [1.807, 2.05) is 42.5 Å². The van der Waals surface area contributed by atoms with Gasteiger partial charge in [0.2, 0.25) is 0 Å². The summed E-state index contributed by atoms with van der Waals surface area (Å²) >= 11 is 0. The summed E-state index contributed by atoms with van der Waals surface area (Å²) in [6.07, 6.45) is 2.24. The van der Waals surface area contributed by atoms with Crippen LogP contribution in [0.3, 0.4) is 0 Å². The molecule has 0 spiro atoms. The molecule has 4 heteroatoms. The Bertz CT molecular complexity index is 647. The molecule has 0 bridgehead atoms. The lowest BCUT2D eigenvalue weighted by Gasteiger charge is -2.21. The van der Waals surface area contributed by atoms with Crippen molar-refractivity contribution in [3.05, 3.63) is 78.1 Å². The summed E-state index contributed by atoms with van der Waals surface area (Å²) in [7, 11) is 1.60. The minimum Gasteiger partial charge on any atom is -0.497 e. The number of aliphatic hydroxyl groups is 1. The number of benzene rings is 2. The Hall–Kier alpha value is -2.59. The third kappa shape index (κ3) is 4.69. The van der Waals surface area contributed by atoms with Gasteiger partial charge in [-0.2, -0.15) is 0 Å².